The quantitative estimate of drug-likeness (QED) is 0.579. The maximum absolute atomic E-state index is 11.2. The van der Waals surface area contributed by atoms with E-state index in [1.54, 1.807) is 6.92 Å². The summed E-state index contributed by atoms with van der Waals surface area (Å²) in [6, 6.07) is -0.330. The summed E-state index contributed by atoms with van der Waals surface area (Å²) in [5.41, 5.74) is 0. The van der Waals surface area contributed by atoms with E-state index in [1.165, 1.54) is 6.33 Å². The lowest BCUT2D eigenvalue weighted by Gasteiger charge is -2.10. The Balaban J connectivity index is 2.26. The Labute approximate surface area is 91.0 Å². The number of hydrogen-bond acceptors (Lipinski definition) is 5. The average Bonchev–Trinajstić information content (AvgIpc) is 2.69. The summed E-state index contributed by atoms with van der Waals surface area (Å²) >= 11 is 0. The monoisotopic (exact) mass is 228 g/mol. The van der Waals surface area contributed by atoms with Crippen LogP contribution in [0.25, 0.3) is 0 Å². The minimum Gasteiger partial charge on any atom is -0.480 e. The maximum atomic E-state index is 11.2. The van der Waals surface area contributed by atoms with Crippen LogP contribution in [0.15, 0.2) is 6.33 Å². The maximum Gasteiger partial charge on any atom is 0.329 e. The first-order chi connectivity index (χ1) is 7.59. The molecule has 16 heavy (non-hydrogen) atoms. The van der Waals surface area contributed by atoms with Crippen molar-refractivity contribution in [3.05, 3.63) is 12.2 Å². The van der Waals surface area contributed by atoms with Crippen LogP contribution in [0, 0.1) is 0 Å². The molecule has 0 aromatic carbocycles. The van der Waals surface area contributed by atoms with Crippen molar-refractivity contribution in [1.29, 1.82) is 0 Å². The minimum atomic E-state index is -1.11. The Bertz CT molecular complexity index is 351. The molecule has 0 spiro atoms. The Kier molecular flexibility index (Phi) is 4.40. The lowest BCUT2D eigenvalue weighted by Crippen LogP contribution is -2.31. The van der Waals surface area contributed by atoms with Gasteiger partial charge in [0.15, 0.2) is 0 Å². The Morgan fingerprint density at radius 1 is 1.62 bits per heavy atom. The molecule has 88 valence electrons. The van der Waals surface area contributed by atoms with Crippen LogP contribution in [0.4, 0.5) is 0 Å². The van der Waals surface area contributed by atoms with Gasteiger partial charge in [0.1, 0.15) is 25.4 Å². The lowest BCUT2D eigenvalue weighted by atomic mass is 10.3. The molecular formula is C8H12N4O4. The predicted octanol–water partition coefficient (Wildman–Crippen LogP) is -0.917. The molecular weight excluding hydrogens is 216 g/mol. The molecule has 0 bridgehead atoms. The van der Waals surface area contributed by atoms with Crippen LogP contribution in [0.2, 0.25) is 0 Å². The van der Waals surface area contributed by atoms with E-state index in [1.807, 2.05) is 0 Å². The third-order valence-electron chi connectivity index (χ3n) is 1.68. The van der Waals surface area contributed by atoms with Crippen LogP contribution in [-0.2, 0) is 14.3 Å². The fraction of sp³-hybridized carbons (Fsp3) is 0.500. The first kappa shape index (κ1) is 12.1. The number of aromatic nitrogens is 3. The third-order valence-corrected chi connectivity index (χ3v) is 1.68. The molecule has 0 saturated carbocycles. The second-order valence-corrected chi connectivity index (χ2v) is 3.05. The van der Waals surface area contributed by atoms with Crippen molar-refractivity contribution in [3.63, 3.8) is 0 Å². The van der Waals surface area contributed by atoms with Crippen molar-refractivity contribution in [2.45, 2.75) is 13.0 Å². The summed E-state index contributed by atoms with van der Waals surface area (Å²) in [6.07, 6.45) is 1.33. The van der Waals surface area contributed by atoms with Gasteiger partial charge in [-0.1, -0.05) is 0 Å². The van der Waals surface area contributed by atoms with Crippen molar-refractivity contribution in [2.75, 3.05) is 13.2 Å². The highest BCUT2D eigenvalue weighted by Gasteiger charge is 2.12. The first-order valence-corrected chi connectivity index (χ1v) is 4.53. The normalized spacial score (nSPS) is 12.1. The van der Waals surface area contributed by atoms with Crippen molar-refractivity contribution in [2.24, 2.45) is 0 Å². The van der Waals surface area contributed by atoms with Crippen LogP contribution in [-0.4, -0.2) is 45.4 Å². The van der Waals surface area contributed by atoms with Crippen LogP contribution < -0.4 is 5.32 Å². The Hall–Kier alpha value is -1.96. The van der Waals surface area contributed by atoms with Gasteiger partial charge in [-0.05, 0) is 6.92 Å². The molecule has 1 atom stereocenters. The van der Waals surface area contributed by atoms with Crippen LogP contribution in [0.3, 0.4) is 0 Å². The second kappa shape index (κ2) is 5.81. The summed E-state index contributed by atoms with van der Waals surface area (Å²) in [5.74, 6) is -1.01. The van der Waals surface area contributed by atoms with Crippen LogP contribution in [0.1, 0.15) is 18.8 Å². The highest BCUT2D eigenvalue weighted by molar-refractivity contribution is 5.78. The van der Waals surface area contributed by atoms with Crippen molar-refractivity contribution < 1.29 is 19.4 Å². The van der Waals surface area contributed by atoms with Gasteiger partial charge in [0.2, 0.25) is 5.91 Å². The minimum absolute atomic E-state index is 0.301. The number of H-pyrrole nitrogens is 1. The summed E-state index contributed by atoms with van der Waals surface area (Å²) in [7, 11) is 0. The summed E-state index contributed by atoms with van der Waals surface area (Å²) < 4.78 is 4.62. The van der Waals surface area contributed by atoms with E-state index in [2.05, 4.69) is 25.2 Å². The van der Waals surface area contributed by atoms with E-state index >= 15 is 0 Å². The van der Waals surface area contributed by atoms with Gasteiger partial charge in [-0.2, -0.15) is 5.10 Å². The fourth-order valence-corrected chi connectivity index (χ4v) is 1.01. The number of rotatable bonds is 6. The van der Waals surface area contributed by atoms with Crippen molar-refractivity contribution in [3.8, 4) is 0 Å². The highest BCUT2D eigenvalue weighted by atomic mass is 16.5. The van der Waals surface area contributed by atoms with Gasteiger partial charge >= 0.3 is 5.97 Å². The number of carboxylic acid groups (broad SMARTS) is 1. The number of carbonyl (C=O) groups is 2. The van der Waals surface area contributed by atoms with Crippen LogP contribution in [0.5, 0.6) is 0 Å². The number of hydrogen-bond donors (Lipinski definition) is 3. The topological polar surface area (TPSA) is 117 Å². The summed E-state index contributed by atoms with van der Waals surface area (Å²) in [4.78, 5) is 25.2. The number of aliphatic carboxylic acids is 1. The second-order valence-electron chi connectivity index (χ2n) is 3.05. The lowest BCUT2D eigenvalue weighted by molar-refractivity contribution is -0.143. The molecule has 1 unspecified atom stereocenters. The molecule has 0 fully saturated rings. The van der Waals surface area contributed by atoms with E-state index in [0.717, 1.165) is 0 Å². The molecule has 0 aliphatic heterocycles. The van der Waals surface area contributed by atoms with E-state index in [-0.39, 0.29) is 12.6 Å². The number of carbonyl (C=O) groups excluding carboxylic acids is 1. The predicted molar refractivity (Wildman–Crippen MR) is 51.4 cm³/mol. The fourth-order valence-electron chi connectivity index (χ4n) is 1.01. The number of carboxylic acids is 1. The standard InChI is InChI=1S/C8H12N4O4/c1-5(8-9-4-10-12-8)11-6(13)2-16-3-7(14)15/h4-5H,2-3H2,1H3,(H,11,13)(H,14,15)(H,9,10,12). The molecule has 0 saturated heterocycles. The van der Waals surface area contributed by atoms with Gasteiger partial charge in [0.05, 0.1) is 6.04 Å². The molecule has 0 radical (unpaired) electrons. The Morgan fingerprint density at radius 3 is 2.94 bits per heavy atom. The Morgan fingerprint density at radius 2 is 2.38 bits per heavy atom. The molecule has 1 aromatic rings. The highest BCUT2D eigenvalue weighted by Crippen LogP contribution is 2.02. The molecule has 1 heterocycles. The first-order valence-electron chi connectivity index (χ1n) is 4.53. The molecule has 1 amide bonds. The zero-order valence-corrected chi connectivity index (χ0v) is 8.64. The third kappa shape index (κ3) is 4.05. The van der Waals surface area contributed by atoms with Crippen molar-refractivity contribution in [1.82, 2.24) is 20.5 Å². The van der Waals surface area contributed by atoms with E-state index in [4.69, 9.17) is 5.11 Å². The molecule has 0 aliphatic rings. The van der Waals surface area contributed by atoms with E-state index in [9.17, 15) is 9.59 Å². The summed E-state index contributed by atoms with van der Waals surface area (Å²) in [5, 5.41) is 17.1. The van der Waals surface area contributed by atoms with Crippen molar-refractivity contribution >= 4 is 11.9 Å². The average molecular weight is 228 g/mol. The summed E-state index contributed by atoms with van der Waals surface area (Å²) in [6.45, 7) is 0.921. The SMILES string of the molecule is CC(NC(=O)COCC(=O)O)c1ncn[nH]1. The zero-order chi connectivity index (χ0) is 12.0. The van der Waals surface area contributed by atoms with Gasteiger partial charge in [-0.25, -0.2) is 9.78 Å². The molecule has 0 aliphatic carbocycles. The molecule has 8 heteroatoms. The molecule has 1 aromatic heterocycles. The van der Waals surface area contributed by atoms with Crippen LogP contribution >= 0.6 is 0 Å². The smallest absolute Gasteiger partial charge is 0.329 e. The van der Waals surface area contributed by atoms with Gasteiger partial charge in [-0.3, -0.25) is 9.89 Å². The van der Waals surface area contributed by atoms with E-state index < -0.39 is 18.5 Å². The van der Waals surface area contributed by atoms with Gasteiger partial charge < -0.3 is 15.2 Å². The van der Waals surface area contributed by atoms with E-state index in [0.29, 0.717) is 5.82 Å². The number of ether oxygens (including phenoxy) is 1. The largest absolute Gasteiger partial charge is 0.480 e. The number of nitrogens with one attached hydrogen (secondary N) is 2. The molecule has 3 N–H and O–H groups in total. The number of nitrogens with zero attached hydrogens (tertiary/aromatic N) is 2. The number of aromatic amines is 1. The van der Waals surface area contributed by atoms with Gasteiger partial charge in [-0.15, -0.1) is 0 Å². The van der Waals surface area contributed by atoms with Gasteiger partial charge in [0.25, 0.3) is 0 Å². The number of amides is 1. The van der Waals surface area contributed by atoms with Gasteiger partial charge in [0, 0.05) is 0 Å². The molecule has 8 nitrogen and oxygen atoms in total. The zero-order valence-electron chi connectivity index (χ0n) is 8.64. The molecule has 1 rings (SSSR count).